The van der Waals surface area contributed by atoms with Crippen molar-refractivity contribution in [3.05, 3.63) is 28.8 Å². The van der Waals surface area contributed by atoms with E-state index in [2.05, 4.69) is 20.8 Å². The molecule has 0 fully saturated rings. The number of hydrogen-bond donors (Lipinski definition) is 0. The molecule has 78 valence electrons. The van der Waals surface area contributed by atoms with Crippen LogP contribution >= 0.6 is 11.6 Å². The van der Waals surface area contributed by atoms with E-state index in [1.165, 1.54) is 0 Å². The van der Waals surface area contributed by atoms with Crippen molar-refractivity contribution in [1.82, 2.24) is 0 Å². The molecule has 0 N–H and O–H groups in total. The lowest BCUT2D eigenvalue weighted by atomic mass is 9.87. The van der Waals surface area contributed by atoms with Gasteiger partial charge in [-0.25, -0.2) is 0 Å². The zero-order valence-electron chi connectivity index (χ0n) is 9.23. The lowest BCUT2D eigenvalue weighted by molar-refractivity contribution is 0.339. The van der Waals surface area contributed by atoms with E-state index < -0.39 is 0 Å². The molecule has 0 heterocycles. The summed E-state index contributed by atoms with van der Waals surface area (Å²) < 4.78 is 5.44. The minimum absolute atomic E-state index is 0.0597. The second kappa shape index (κ2) is 4.22. The molecule has 0 saturated heterocycles. The molecule has 0 aromatic heterocycles. The van der Waals surface area contributed by atoms with E-state index >= 15 is 0 Å². The maximum Gasteiger partial charge on any atom is 0.119 e. The van der Waals surface area contributed by atoms with Gasteiger partial charge in [0.05, 0.1) is 6.61 Å². The molecular weight excluding hydrogens is 196 g/mol. The fourth-order valence-electron chi connectivity index (χ4n) is 1.34. The second-order valence-corrected chi connectivity index (χ2v) is 4.73. The third-order valence-electron chi connectivity index (χ3n) is 2.06. The van der Waals surface area contributed by atoms with Crippen molar-refractivity contribution in [3.8, 4) is 5.75 Å². The van der Waals surface area contributed by atoms with Gasteiger partial charge < -0.3 is 4.74 Å². The molecule has 1 aromatic carbocycles. The first-order chi connectivity index (χ1) is 6.45. The average Bonchev–Trinajstić information content (AvgIpc) is 2.07. The van der Waals surface area contributed by atoms with E-state index in [-0.39, 0.29) is 5.41 Å². The monoisotopic (exact) mass is 212 g/mol. The molecule has 0 aliphatic rings. The van der Waals surface area contributed by atoms with Crippen molar-refractivity contribution in [3.63, 3.8) is 0 Å². The first-order valence-electron chi connectivity index (χ1n) is 4.88. The van der Waals surface area contributed by atoms with Gasteiger partial charge >= 0.3 is 0 Å². The third kappa shape index (κ3) is 2.65. The molecule has 0 bridgehead atoms. The predicted octanol–water partition coefficient (Wildman–Crippen LogP) is 4.04. The molecule has 1 aromatic rings. The van der Waals surface area contributed by atoms with E-state index in [0.29, 0.717) is 6.61 Å². The Kier molecular flexibility index (Phi) is 3.43. The van der Waals surface area contributed by atoms with Gasteiger partial charge in [0.25, 0.3) is 0 Å². The standard InChI is InChI=1S/C12H17ClO/c1-5-14-9-6-7-11(13)10(8-9)12(2,3)4/h6-8H,5H2,1-4H3. The van der Waals surface area contributed by atoms with Crippen LogP contribution in [0.3, 0.4) is 0 Å². The van der Waals surface area contributed by atoms with Crippen molar-refractivity contribution in [1.29, 1.82) is 0 Å². The topological polar surface area (TPSA) is 9.23 Å². The molecule has 1 nitrogen and oxygen atoms in total. The maximum atomic E-state index is 6.13. The summed E-state index contributed by atoms with van der Waals surface area (Å²) in [7, 11) is 0. The summed E-state index contributed by atoms with van der Waals surface area (Å²) >= 11 is 6.13. The van der Waals surface area contributed by atoms with Crippen LogP contribution in [0.2, 0.25) is 5.02 Å². The summed E-state index contributed by atoms with van der Waals surface area (Å²) in [5.74, 6) is 0.891. The van der Waals surface area contributed by atoms with Crippen LogP contribution < -0.4 is 4.74 Å². The Labute approximate surface area is 91.0 Å². The molecule has 1 rings (SSSR count). The molecule has 0 amide bonds. The Balaban J connectivity index is 3.09. The van der Waals surface area contributed by atoms with E-state index in [0.717, 1.165) is 16.3 Å². The van der Waals surface area contributed by atoms with Crippen LogP contribution in [0.1, 0.15) is 33.3 Å². The minimum atomic E-state index is 0.0597. The molecule has 0 radical (unpaired) electrons. The zero-order valence-corrected chi connectivity index (χ0v) is 9.98. The molecule has 2 heteroatoms. The van der Waals surface area contributed by atoms with Gasteiger partial charge in [0.1, 0.15) is 5.75 Å². The quantitative estimate of drug-likeness (QED) is 0.719. The van der Waals surface area contributed by atoms with Gasteiger partial charge in [0.2, 0.25) is 0 Å². The van der Waals surface area contributed by atoms with Crippen molar-refractivity contribution in [2.24, 2.45) is 0 Å². The minimum Gasteiger partial charge on any atom is -0.494 e. The van der Waals surface area contributed by atoms with Crippen molar-refractivity contribution in [2.45, 2.75) is 33.1 Å². The fraction of sp³-hybridized carbons (Fsp3) is 0.500. The Morgan fingerprint density at radius 3 is 2.43 bits per heavy atom. The SMILES string of the molecule is CCOc1ccc(Cl)c(C(C)(C)C)c1. The Hall–Kier alpha value is -0.690. The lowest BCUT2D eigenvalue weighted by Crippen LogP contribution is -2.12. The van der Waals surface area contributed by atoms with Gasteiger partial charge in [0.15, 0.2) is 0 Å². The molecule has 0 aliphatic heterocycles. The van der Waals surface area contributed by atoms with Gasteiger partial charge in [-0.05, 0) is 36.1 Å². The van der Waals surface area contributed by atoms with Crippen LogP contribution in [-0.2, 0) is 5.41 Å². The van der Waals surface area contributed by atoms with E-state index in [4.69, 9.17) is 16.3 Å². The summed E-state index contributed by atoms with van der Waals surface area (Å²) in [6.07, 6.45) is 0. The molecular formula is C12H17ClO. The first-order valence-corrected chi connectivity index (χ1v) is 5.25. The molecule has 14 heavy (non-hydrogen) atoms. The number of rotatable bonds is 2. The maximum absolute atomic E-state index is 6.13. The Morgan fingerprint density at radius 2 is 1.93 bits per heavy atom. The summed E-state index contributed by atoms with van der Waals surface area (Å²) in [6, 6.07) is 5.82. The van der Waals surface area contributed by atoms with E-state index in [9.17, 15) is 0 Å². The number of hydrogen-bond acceptors (Lipinski definition) is 1. The average molecular weight is 213 g/mol. The van der Waals surface area contributed by atoms with Crippen LogP contribution in [0.25, 0.3) is 0 Å². The van der Waals surface area contributed by atoms with Crippen LogP contribution in [0.5, 0.6) is 5.75 Å². The molecule has 0 saturated carbocycles. The van der Waals surface area contributed by atoms with E-state index in [1.54, 1.807) is 0 Å². The first kappa shape index (κ1) is 11.4. The van der Waals surface area contributed by atoms with Gasteiger partial charge in [-0.3, -0.25) is 0 Å². The third-order valence-corrected chi connectivity index (χ3v) is 2.39. The van der Waals surface area contributed by atoms with Crippen molar-refractivity contribution >= 4 is 11.6 Å². The van der Waals surface area contributed by atoms with Crippen LogP contribution in [0, 0.1) is 0 Å². The summed E-state index contributed by atoms with van der Waals surface area (Å²) in [5.41, 5.74) is 1.19. The number of ether oxygens (including phenoxy) is 1. The molecule has 0 atom stereocenters. The summed E-state index contributed by atoms with van der Waals surface area (Å²) in [4.78, 5) is 0. The van der Waals surface area contributed by atoms with Gasteiger partial charge in [-0.15, -0.1) is 0 Å². The smallest absolute Gasteiger partial charge is 0.119 e. The van der Waals surface area contributed by atoms with Crippen LogP contribution in [0.4, 0.5) is 0 Å². The normalized spacial score (nSPS) is 11.5. The predicted molar refractivity (Wildman–Crippen MR) is 61.3 cm³/mol. The number of halogens is 1. The highest BCUT2D eigenvalue weighted by atomic mass is 35.5. The van der Waals surface area contributed by atoms with Crippen LogP contribution in [0.15, 0.2) is 18.2 Å². The van der Waals surface area contributed by atoms with Crippen molar-refractivity contribution < 1.29 is 4.74 Å². The Morgan fingerprint density at radius 1 is 1.29 bits per heavy atom. The highest BCUT2D eigenvalue weighted by molar-refractivity contribution is 6.31. The Bertz CT molecular complexity index is 313. The van der Waals surface area contributed by atoms with Gasteiger partial charge in [0, 0.05) is 5.02 Å². The zero-order chi connectivity index (χ0) is 10.8. The second-order valence-electron chi connectivity index (χ2n) is 4.32. The fourth-order valence-corrected chi connectivity index (χ4v) is 1.74. The van der Waals surface area contributed by atoms with Crippen LogP contribution in [-0.4, -0.2) is 6.61 Å². The highest BCUT2D eigenvalue weighted by Gasteiger charge is 2.17. The summed E-state index contributed by atoms with van der Waals surface area (Å²) in [6.45, 7) is 9.09. The number of benzene rings is 1. The van der Waals surface area contributed by atoms with Crippen molar-refractivity contribution in [2.75, 3.05) is 6.61 Å². The van der Waals surface area contributed by atoms with E-state index in [1.807, 2.05) is 25.1 Å². The van der Waals surface area contributed by atoms with Gasteiger partial charge in [-0.2, -0.15) is 0 Å². The largest absolute Gasteiger partial charge is 0.494 e. The molecule has 0 unspecified atom stereocenters. The lowest BCUT2D eigenvalue weighted by Gasteiger charge is -2.21. The highest BCUT2D eigenvalue weighted by Crippen LogP contribution is 2.32. The molecule has 0 spiro atoms. The van der Waals surface area contributed by atoms with Gasteiger partial charge in [-0.1, -0.05) is 32.4 Å². The summed E-state index contributed by atoms with van der Waals surface area (Å²) in [5, 5.41) is 0.806. The molecule has 0 aliphatic carbocycles.